The topological polar surface area (TPSA) is 29.5 Å². The SMILES string of the molecule is C=C[C@@H]1C[C@@H](O)C[C@H](C(C)C)O1. The molecule has 0 aromatic heterocycles. The minimum Gasteiger partial charge on any atom is -0.393 e. The van der Waals surface area contributed by atoms with E-state index in [4.69, 9.17) is 4.74 Å². The zero-order valence-electron chi connectivity index (χ0n) is 7.86. The summed E-state index contributed by atoms with van der Waals surface area (Å²) < 4.78 is 5.69. The van der Waals surface area contributed by atoms with Gasteiger partial charge in [0.15, 0.2) is 0 Å². The van der Waals surface area contributed by atoms with E-state index in [1.54, 1.807) is 6.08 Å². The van der Waals surface area contributed by atoms with Gasteiger partial charge < -0.3 is 9.84 Å². The second kappa shape index (κ2) is 4.06. The lowest BCUT2D eigenvalue weighted by Gasteiger charge is -2.33. The van der Waals surface area contributed by atoms with Gasteiger partial charge in [-0.3, -0.25) is 0 Å². The van der Waals surface area contributed by atoms with Crippen molar-refractivity contribution in [1.29, 1.82) is 0 Å². The van der Waals surface area contributed by atoms with Gasteiger partial charge in [-0.25, -0.2) is 0 Å². The summed E-state index contributed by atoms with van der Waals surface area (Å²) in [6, 6.07) is 0. The number of aliphatic hydroxyl groups is 1. The summed E-state index contributed by atoms with van der Waals surface area (Å²) in [6.45, 7) is 7.90. The summed E-state index contributed by atoms with van der Waals surface area (Å²) in [5, 5.41) is 9.50. The van der Waals surface area contributed by atoms with Crippen molar-refractivity contribution in [2.75, 3.05) is 0 Å². The van der Waals surface area contributed by atoms with Crippen LogP contribution < -0.4 is 0 Å². The summed E-state index contributed by atoms with van der Waals surface area (Å²) in [4.78, 5) is 0. The molecule has 3 atom stereocenters. The molecular formula is C10H18O2. The van der Waals surface area contributed by atoms with Gasteiger partial charge in [0.2, 0.25) is 0 Å². The quantitative estimate of drug-likeness (QED) is 0.640. The number of rotatable bonds is 2. The van der Waals surface area contributed by atoms with Crippen LogP contribution in [0.4, 0.5) is 0 Å². The zero-order valence-corrected chi connectivity index (χ0v) is 7.86. The van der Waals surface area contributed by atoms with Crippen molar-refractivity contribution in [3.63, 3.8) is 0 Å². The largest absolute Gasteiger partial charge is 0.393 e. The van der Waals surface area contributed by atoms with E-state index in [0.29, 0.717) is 12.3 Å². The second-order valence-electron chi connectivity index (χ2n) is 3.82. The fourth-order valence-corrected chi connectivity index (χ4v) is 1.55. The van der Waals surface area contributed by atoms with Crippen molar-refractivity contribution in [1.82, 2.24) is 0 Å². The molecule has 1 fully saturated rings. The molecule has 0 spiro atoms. The molecule has 1 aliphatic heterocycles. The molecule has 70 valence electrons. The molecule has 0 bridgehead atoms. The van der Waals surface area contributed by atoms with E-state index in [-0.39, 0.29) is 18.3 Å². The van der Waals surface area contributed by atoms with E-state index in [1.807, 2.05) is 0 Å². The molecule has 1 N–H and O–H groups in total. The Labute approximate surface area is 74.2 Å². The fraction of sp³-hybridized carbons (Fsp3) is 0.800. The van der Waals surface area contributed by atoms with E-state index in [1.165, 1.54) is 0 Å². The first-order chi connectivity index (χ1) is 5.63. The smallest absolute Gasteiger partial charge is 0.0781 e. The minimum absolute atomic E-state index is 0.0427. The Hall–Kier alpha value is -0.340. The van der Waals surface area contributed by atoms with Crippen LogP contribution in [-0.2, 0) is 4.74 Å². The molecule has 1 heterocycles. The van der Waals surface area contributed by atoms with E-state index in [9.17, 15) is 5.11 Å². The van der Waals surface area contributed by atoms with Crippen molar-refractivity contribution in [2.45, 2.75) is 45.0 Å². The van der Waals surface area contributed by atoms with Crippen LogP contribution in [0.3, 0.4) is 0 Å². The molecule has 0 saturated carbocycles. The van der Waals surface area contributed by atoms with Crippen LogP contribution in [0.2, 0.25) is 0 Å². The van der Waals surface area contributed by atoms with Crippen LogP contribution in [0.15, 0.2) is 12.7 Å². The molecule has 0 amide bonds. The fourth-order valence-electron chi connectivity index (χ4n) is 1.55. The van der Waals surface area contributed by atoms with Crippen molar-refractivity contribution in [3.8, 4) is 0 Å². The highest BCUT2D eigenvalue weighted by atomic mass is 16.5. The first-order valence-electron chi connectivity index (χ1n) is 4.59. The van der Waals surface area contributed by atoms with Crippen LogP contribution in [0.25, 0.3) is 0 Å². The minimum atomic E-state index is -0.214. The van der Waals surface area contributed by atoms with E-state index < -0.39 is 0 Å². The Morgan fingerprint density at radius 2 is 2.17 bits per heavy atom. The third-order valence-electron chi connectivity index (χ3n) is 2.36. The Morgan fingerprint density at radius 1 is 1.50 bits per heavy atom. The molecule has 0 aromatic carbocycles. The highest BCUT2D eigenvalue weighted by Crippen LogP contribution is 2.24. The first-order valence-corrected chi connectivity index (χ1v) is 4.59. The normalized spacial score (nSPS) is 36.8. The predicted molar refractivity (Wildman–Crippen MR) is 48.9 cm³/mol. The van der Waals surface area contributed by atoms with Gasteiger partial charge in [-0.15, -0.1) is 6.58 Å². The maximum atomic E-state index is 9.50. The Morgan fingerprint density at radius 3 is 2.67 bits per heavy atom. The molecule has 1 rings (SSSR count). The molecule has 0 unspecified atom stereocenters. The van der Waals surface area contributed by atoms with E-state index in [2.05, 4.69) is 20.4 Å². The van der Waals surface area contributed by atoms with Crippen LogP contribution in [0, 0.1) is 5.92 Å². The van der Waals surface area contributed by atoms with Crippen LogP contribution in [0.1, 0.15) is 26.7 Å². The maximum Gasteiger partial charge on any atom is 0.0781 e. The van der Waals surface area contributed by atoms with Gasteiger partial charge in [-0.05, 0) is 12.3 Å². The Kier molecular flexibility index (Phi) is 3.29. The molecule has 0 aromatic rings. The predicted octanol–water partition coefficient (Wildman–Crippen LogP) is 1.74. The van der Waals surface area contributed by atoms with Gasteiger partial charge in [0.1, 0.15) is 0 Å². The lowest BCUT2D eigenvalue weighted by Crippen LogP contribution is -2.37. The average molecular weight is 170 g/mol. The van der Waals surface area contributed by atoms with Crippen molar-refractivity contribution in [3.05, 3.63) is 12.7 Å². The molecule has 0 radical (unpaired) electrons. The van der Waals surface area contributed by atoms with Gasteiger partial charge in [0.05, 0.1) is 18.3 Å². The van der Waals surface area contributed by atoms with Gasteiger partial charge in [0.25, 0.3) is 0 Å². The van der Waals surface area contributed by atoms with Crippen molar-refractivity contribution < 1.29 is 9.84 Å². The molecular weight excluding hydrogens is 152 g/mol. The molecule has 1 saturated heterocycles. The number of ether oxygens (including phenoxy) is 1. The summed E-state index contributed by atoms with van der Waals surface area (Å²) >= 11 is 0. The Balaban J connectivity index is 2.50. The summed E-state index contributed by atoms with van der Waals surface area (Å²) in [7, 11) is 0. The standard InChI is InChI=1S/C10H18O2/c1-4-9-5-8(11)6-10(12-9)7(2)3/h4,7-11H,1,5-6H2,2-3H3/t8-,9-,10-/m1/s1. The lowest BCUT2D eigenvalue weighted by atomic mass is 9.94. The Bertz CT molecular complexity index is 154. The van der Waals surface area contributed by atoms with Crippen molar-refractivity contribution >= 4 is 0 Å². The van der Waals surface area contributed by atoms with E-state index >= 15 is 0 Å². The molecule has 1 aliphatic rings. The van der Waals surface area contributed by atoms with Gasteiger partial charge in [-0.2, -0.15) is 0 Å². The second-order valence-corrected chi connectivity index (χ2v) is 3.82. The molecule has 2 nitrogen and oxygen atoms in total. The van der Waals surface area contributed by atoms with Gasteiger partial charge in [-0.1, -0.05) is 19.9 Å². The monoisotopic (exact) mass is 170 g/mol. The molecule has 2 heteroatoms. The van der Waals surface area contributed by atoms with Crippen molar-refractivity contribution in [2.24, 2.45) is 5.92 Å². The number of hydrogen-bond donors (Lipinski definition) is 1. The number of aliphatic hydroxyl groups excluding tert-OH is 1. The molecule has 12 heavy (non-hydrogen) atoms. The highest BCUT2D eigenvalue weighted by molar-refractivity contribution is 4.88. The lowest BCUT2D eigenvalue weighted by molar-refractivity contribution is -0.0933. The third-order valence-corrected chi connectivity index (χ3v) is 2.36. The summed E-state index contributed by atoms with van der Waals surface area (Å²) in [6.07, 6.45) is 3.26. The zero-order chi connectivity index (χ0) is 9.14. The number of hydrogen-bond acceptors (Lipinski definition) is 2. The third kappa shape index (κ3) is 2.32. The average Bonchev–Trinajstić information content (AvgIpc) is 2.03. The van der Waals surface area contributed by atoms with Gasteiger partial charge >= 0.3 is 0 Å². The summed E-state index contributed by atoms with van der Waals surface area (Å²) in [5.74, 6) is 0.474. The molecule has 0 aliphatic carbocycles. The maximum absolute atomic E-state index is 9.50. The van der Waals surface area contributed by atoms with Crippen LogP contribution >= 0.6 is 0 Å². The first kappa shape index (κ1) is 9.75. The van der Waals surface area contributed by atoms with E-state index in [0.717, 1.165) is 6.42 Å². The van der Waals surface area contributed by atoms with Gasteiger partial charge in [0, 0.05) is 6.42 Å². The summed E-state index contributed by atoms with van der Waals surface area (Å²) in [5.41, 5.74) is 0. The van der Waals surface area contributed by atoms with Crippen LogP contribution in [-0.4, -0.2) is 23.4 Å². The van der Waals surface area contributed by atoms with Crippen LogP contribution in [0.5, 0.6) is 0 Å². The highest BCUT2D eigenvalue weighted by Gasteiger charge is 2.28.